The maximum absolute atomic E-state index is 11.8. The molecule has 2 aromatic rings. The molecule has 0 radical (unpaired) electrons. The molecule has 2 N–H and O–H groups in total. The Morgan fingerprint density at radius 2 is 1.95 bits per heavy atom. The third kappa shape index (κ3) is 2.59. The molecule has 7 heteroatoms. The number of carboxylic acid groups (broad SMARTS) is 1. The highest BCUT2D eigenvalue weighted by Gasteiger charge is 2.13. The van der Waals surface area contributed by atoms with Gasteiger partial charge in [0.15, 0.2) is 0 Å². The highest BCUT2D eigenvalue weighted by atomic mass is 16.5. The molecule has 1 heterocycles. The second kappa shape index (κ2) is 5.48. The zero-order chi connectivity index (χ0) is 14.9. The van der Waals surface area contributed by atoms with Crippen LogP contribution in [0.3, 0.4) is 0 Å². The van der Waals surface area contributed by atoms with Crippen molar-refractivity contribution in [1.29, 1.82) is 0 Å². The zero-order valence-corrected chi connectivity index (χ0v) is 11.2. The molecule has 0 amide bonds. The van der Waals surface area contributed by atoms with Crippen molar-refractivity contribution in [3.63, 3.8) is 0 Å². The predicted molar refractivity (Wildman–Crippen MR) is 71.6 cm³/mol. The van der Waals surface area contributed by atoms with Gasteiger partial charge in [-0.1, -0.05) is 6.07 Å². The first kappa shape index (κ1) is 14.3. The molecule has 1 unspecified atom stereocenters. The van der Waals surface area contributed by atoms with Gasteiger partial charge in [-0.05, 0) is 17.7 Å². The van der Waals surface area contributed by atoms with Crippen LogP contribution in [-0.2, 0) is 23.6 Å². The maximum atomic E-state index is 11.8. The smallest absolute Gasteiger partial charge is 0.329 e. The van der Waals surface area contributed by atoms with Gasteiger partial charge in [0.25, 0.3) is 0 Å². The lowest BCUT2D eigenvalue weighted by molar-refractivity contribution is -0.143. The molecule has 0 aliphatic heterocycles. The van der Waals surface area contributed by atoms with Crippen molar-refractivity contribution >= 4 is 17.0 Å². The number of rotatable bonds is 5. The summed E-state index contributed by atoms with van der Waals surface area (Å²) in [5.74, 6) is -1.09. The molecule has 7 nitrogen and oxygen atoms in total. The first-order valence-corrected chi connectivity index (χ1v) is 6.04. The summed E-state index contributed by atoms with van der Waals surface area (Å²) in [5.41, 5.74) is 1.89. The summed E-state index contributed by atoms with van der Waals surface area (Å²) in [5, 5.41) is 18.4. The minimum Gasteiger partial charge on any atom is -0.480 e. The second-order valence-corrected chi connectivity index (χ2v) is 4.57. The van der Waals surface area contributed by atoms with Gasteiger partial charge in [0.2, 0.25) is 0 Å². The molecule has 0 aliphatic carbocycles. The number of aliphatic hydroxyl groups excluding tert-OH is 1. The average Bonchev–Trinajstić information content (AvgIpc) is 2.63. The highest BCUT2D eigenvalue weighted by molar-refractivity contribution is 5.77. The Balaban J connectivity index is 2.25. The Hall–Kier alpha value is -2.12. The van der Waals surface area contributed by atoms with Crippen LogP contribution in [-0.4, -0.2) is 38.5 Å². The molecule has 0 saturated carbocycles. The Kier molecular flexibility index (Phi) is 3.91. The van der Waals surface area contributed by atoms with Crippen LogP contribution in [0, 0.1) is 0 Å². The van der Waals surface area contributed by atoms with Gasteiger partial charge in [-0.15, -0.1) is 0 Å². The number of aryl methyl sites for hydroxylation is 2. The first-order chi connectivity index (χ1) is 9.41. The van der Waals surface area contributed by atoms with E-state index in [1.54, 1.807) is 32.3 Å². The van der Waals surface area contributed by atoms with E-state index in [4.69, 9.17) is 9.84 Å². The van der Waals surface area contributed by atoms with Gasteiger partial charge >= 0.3 is 11.7 Å². The van der Waals surface area contributed by atoms with Gasteiger partial charge in [0, 0.05) is 14.1 Å². The number of aliphatic hydroxyl groups is 1. The fourth-order valence-corrected chi connectivity index (χ4v) is 2.09. The number of imidazole rings is 1. The minimum atomic E-state index is -1.09. The first-order valence-electron chi connectivity index (χ1n) is 6.04. The van der Waals surface area contributed by atoms with E-state index in [0.29, 0.717) is 11.1 Å². The Morgan fingerprint density at radius 1 is 1.30 bits per heavy atom. The van der Waals surface area contributed by atoms with E-state index in [0.717, 1.165) is 5.52 Å². The second-order valence-electron chi connectivity index (χ2n) is 4.57. The van der Waals surface area contributed by atoms with Crippen molar-refractivity contribution in [1.82, 2.24) is 9.13 Å². The molecule has 0 spiro atoms. The molecule has 0 aliphatic rings. The molecule has 0 fully saturated rings. The molecular formula is C13H16N2O5. The summed E-state index contributed by atoms with van der Waals surface area (Å²) < 4.78 is 7.87. The van der Waals surface area contributed by atoms with Crippen molar-refractivity contribution in [2.24, 2.45) is 14.1 Å². The van der Waals surface area contributed by atoms with Gasteiger partial charge in [0.05, 0.1) is 17.6 Å². The van der Waals surface area contributed by atoms with Crippen molar-refractivity contribution in [3.8, 4) is 0 Å². The molecular weight excluding hydrogens is 264 g/mol. The highest BCUT2D eigenvalue weighted by Crippen LogP contribution is 2.19. The summed E-state index contributed by atoms with van der Waals surface area (Å²) >= 11 is 0. The largest absolute Gasteiger partial charge is 0.480 e. The predicted octanol–water partition coefficient (Wildman–Crippen LogP) is 0.0116. The van der Waals surface area contributed by atoms with E-state index in [1.807, 2.05) is 0 Å². The molecule has 2 rings (SSSR count). The van der Waals surface area contributed by atoms with E-state index in [1.165, 1.54) is 9.13 Å². The summed E-state index contributed by atoms with van der Waals surface area (Å²) in [6.07, 6.45) is -0.936. The minimum absolute atomic E-state index is 0.113. The fraction of sp³-hybridized carbons (Fsp3) is 0.385. The zero-order valence-electron chi connectivity index (χ0n) is 11.2. The van der Waals surface area contributed by atoms with Gasteiger partial charge in [-0.25, -0.2) is 9.59 Å². The van der Waals surface area contributed by atoms with Crippen LogP contribution >= 0.6 is 0 Å². The van der Waals surface area contributed by atoms with Gasteiger partial charge in [0.1, 0.15) is 12.7 Å². The Bertz CT molecular complexity index is 701. The van der Waals surface area contributed by atoms with Crippen LogP contribution in [0.4, 0.5) is 0 Å². The van der Waals surface area contributed by atoms with Crippen molar-refractivity contribution in [3.05, 3.63) is 34.2 Å². The molecule has 0 bridgehead atoms. The van der Waals surface area contributed by atoms with Gasteiger partial charge in [-0.3, -0.25) is 9.13 Å². The summed E-state index contributed by atoms with van der Waals surface area (Å²) in [7, 11) is 3.33. The third-order valence-corrected chi connectivity index (χ3v) is 3.18. The number of carboxylic acids is 1. The van der Waals surface area contributed by atoms with E-state index < -0.39 is 18.7 Å². The van der Waals surface area contributed by atoms with E-state index in [9.17, 15) is 14.7 Å². The summed E-state index contributed by atoms with van der Waals surface area (Å²) in [6, 6.07) is 5.13. The van der Waals surface area contributed by atoms with Gasteiger partial charge < -0.3 is 14.9 Å². The number of hydrogen-bond donors (Lipinski definition) is 2. The number of benzene rings is 1. The van der Waals surface area contributed by atoms with Crippen LogP contribution in [0.25, 0.3) is 11.0 Å². The quantitative estimate of drug-likeness (QED) is 0.804. The Morgan fingerprint density at radius 3 is 2.60 bits per heavy atom. The van der Waals surface area contributed by atoms with Crippen molar-refractivity contribution in [2.75, 3.05) is 13.2 Å². The van der Waals surface area contributed by atoms with Gasteiger partial charge in [-0.2, -0.15) is 0 Å². The molecule has 1 aromatic carbocycles. The third-order valence-electron chi connectivity index (χ3n) is 3.18. The fourth-order valence-electron chi connectivity index (χ4n) is 2.09. The van der Waals surface area contributed by atoms with Crippen LogP contribution in [0.1, 0.15) is 11.7 Å². The Labute approximate surface area is 114 Å². The number of ether oxygens (including phenoxy) is 1. The van der Waals surface area contributed by atoms with Crippen molar-refractivity contribution in [2.45, 2.75) is 6.10 Å². The van der Waals surface area contributed by atoms with Crippen LogP contribution in [0.15, 0.2) is 23.0 Å². The molecule has 108 valence electrons. The van der Waals surface area contributed by atoms with Crippen molar-refractivity contribution < 1.29 is 19.7 Å². The lowest BCUT2D eigenvalue weighted by Crippen LogP contribution is -2.19. The number of carbonyl (C=O) groups is 1. The van der Waals surface area contributed by atoms with Crippen LogP contribution < -0.4 is 5.69 Å². The SMILES string of the molecule is Cn1c(=O)n(C)c2cc(C(O)COCC(=O)O)ccc21. The topological polar surface area (TPSA) is 93.7 Å². The molecule has 20 heavy (non-hydrogen) atoms. The number of aliphatic carboxylic acids is 1. The average molecular weight is 280 g/mol. The van der Waals surface area contributed by atoms with Crippen LogP contribution in [0.5, 0.6) is 0 Å². The van der Waals surface area contributed by atoms with Crippen LogP contribution in [0.2, 0.25) is 0 Å². The monoisotopic (exact) mass is 280 g/mol. The normalized spacial score (nSPS) is 12.8. The number of hydrogen-bond acceptors (Lipinski definition) is 4. The van der Waals surface area contributed by atoms with E-state index in [2.05, 4.69) is 0 Å². The number of fused-ring (bicyclic) bond motifs is 1. The maximum Gasteiger partial charge on any atom is 0.329 e. The molecule has 0 saturated heterocycles. The summed E-state index contributed by atoms with van der Waals surface area (Å²) in [6.45, 7) is -0.568. The molecule has 1 atom stereocenters. The van der Waals surface area contributed by atoms with E-state index >= 15 is 0 Å². The molecule has 1 aromatic heterocycles. The van der Waals surface area contributed by atoms with E-state index in [-0.39, 0.29) is 12.3 Å². The number of aromatic nitrogens is 2. The standard InChI is InChI=1S/C13H16N2O5/c1-14-9-4-3-8(5-10(9)15(2)13(14)19)11(16)6-20-7-12(17)18/h3-5,11,16H,6-7H2,1-2H3,(H,17,18). The summed E-state index contributed by atoms with van der Waals surface area (Å²) in [4.78, 5) is 22.1. The number of nitrogens with zero attached hydrogens (tertiary/aromatic N) is 2. The lowest BCUT2D eigenvalue weighted by atomic mass is 10.1. The lowest BCUT2D eigenvalue weighted by Gasteiger charge is -2.11.